The summed E-state index contributed by atoms with van der Waals surface area (Å²) in [5.74, 6) is 5.26. The Bertz CT molecular complexity index is 4270. The van der Waals surface area contributed by atoms with Crippen molar-refractivity contribution in [2.75, 3.05) is 57.4 Å². The fourth-order valence-corrected chi connectivity index (χ4v) is 12.3. The third-order valence-corrected chi connectivity index (χ3v) is 18.6. The van der Waals surface area contributed by atoms with Gasteiger partial charge in [0.2, 0.25) is 0 Å². The second-order valence-electron chi connectivity index (χ2n) is 25.3. The van der Waals surface area contributed by atoms with Gasteiger partial charge < -0.3 is 71.2 Å². The van der Waals surface area contributed by atoms with Crippen LogP contribution in [0.2, 0.25) is 0 Å². The number of imidazole rings is 3. The first-order valence-corrected chi connectivity index (χ1v) is 33.1. The van der Waals surface area contributed by atoms with Crippen molar-refractivity contribution in [3.05, 3.63) is 239 Å². The number of aryl methyl sites for hydroxylation is 3. The summed E-state index contributed by atoms with van der Waals surface area (Å²) in [5, 5.41) is 10.4. The normalized spacial score (nSPS) is 12.9. The summed E-state index contributed by atoms with van der Waals surface area (Å²) < 4.78 is 51.8. The molecule has 0 bridgehead atoms. The molecule has 506 valence electrons. The van der Waals surface area contributed by atoms with Crippen LogP contribution in [0.5, 0.6) is 40.2 Å². The average molecular weight is 1380 g/mol. The molecule has 9 aromatic carbocycles. The first-order valence-electron chi connectivity index (χ1n) is 32.3. The molecule has 0 saturated carbocycles. The van der Waals surface area contributed by atoms with Gasteiger partial charge in [0.25, 0.3) is 0 Å². The molecular weight excluding hydrogens is 1300 g/mol. The van der Waals surface area contributed by atoms with Crippen LogP contribution in [0.4, 0.5) is 17.1 Å². The molecule has 1 N–H and O–H groups in total. The molecule has 4 heterocycles. The van der Waals surface area contributed by atoms with Crippen LogP contribution in [0.1, 0.15) is 61.1 Å². The van der Waals surface area contributed by atoms with Crippen molar-refractivity contribution in [3.63, 3.8) is 0 Å². The summed E-state index contributed by atoms with van der Waals surface area (Å²) >= 11 is 3.68. The third kappa shape index (κ3) is 16.1. The van der Waals surface area contributed by atoms with E-state index in [1.165, 1.54) is 22.3 Å². The van der Waals surface area contributed by atoms with Gasteiger partial charge in [-0.05, 0) is 164 Å². The molecular formula is C78H85BBrN9O9. The molecule has 1 aliphatic rings. The van der Waals surface area contributed by atoms with Crippen molar-refractivity contribution < 1.29 is 42.8 Å². The van der Waals surface area contributed by atoms with Crippen LogP contribution in [-0.2, 0) is 69.7 Å². The highest BCUT2D eigenvalue weighted by Gasteiger charge is 2.52. The van der Waals surface area contributed by atoms with Gasteiger partial charge in [-0.2, -0.15) is 0 Å². The van der Waals surface area contributed by atoms with Crippen LogP contribution in [-0.4, -0.2) is 94.7 Å². The number of halogens is 1. The van der Waals surface area contributed by atoms with E-state index < -0.39 is 18.3 Å². The van der Waals surface area contributed by atoms with Crippen LogP contribution in [0, 0.1) is 0 Å². The van der Waals surface area contributed by atoms with E-state index in [2.05, 4.69) is 165 Å². The van der Waals surface area contributed by atoms with Crippen LogP contribution in [0.25, 0.3) is 33.1 Å². The summed E-state index contributed by atoms with van der Waals surface area (Å²) in [6.07, 6.45) is 5.49. The summed E-state index contributed by atoms with van der Waals surface area (Å²) in [6, 6.07) is 60.9. The highest BCUT2D eigenvalue weighted by molar-refractivity contribution is 9.10. The number of nitrogens with zero attached hydrogens (tertiary/aromatic N) is 9. The lowest BCUT2D eigenvalue weighted by Gasteiger charge is -2.32. The lowest BCUT2D eigenvalue weighted by atomic mass is 9.78. The Balaban J connectivity index is 0.000000150. The Morgan fingerprint density at radius 3 is 0.918 bits per heavy atom. The Kier molecular flexibility index (Phi) is 21.5. The van der Waals surface area contributed by atoms with Gasteiger partial charge in [-0.25, -0.2) is 15.0 Å². The van der Waals surface area contributed by atoms with E-state index in [0.717, 1.165) is 119 Å². The smallest absolute Gasteiger partial charge is 0.494 e. The van der Waals surface area contributed by atoms with Crippen molar-refractivity contribution >= 4 is 78.7 Å². The second kappa shape index (κ2) is 30.5. The molecule has 0 aliphatic carbocycles. The molecule has 0 unspecified atom stereocenters. The quantitative estimate of drug-likeness (QED) is 0.0639. The number of hydrogen-bond acceptors (Lipinski definition) is 15. The summed E-state index contributed by atoms with van der Waals surface area (Å²) in [7, 11) is 15.6. The summed E-state index contributed by atoms with van der Waals surface area (Å²) in [5.41, 5.74) is 15.9. The largest absolute Gasteiger partial charge is 0.508 e. The van der Waals surface area contributed by atoms with Crippen molar-refractivity contribution in [1.82, 2.24) is 28.7 Å². The fraction of sp³-hybridized carbons (Fsp3) is 0.269. The number of aromatic hydroxyl groups is 1. The Morgan fingerprint density at radius 2 is 0.633 bits per heavy atom. The second-order valence-corrected chi connectivity index (χ2v) is 26.3. The lowest BCUT2D eigenvalue weighted by Crippen LogP contribution is -2.41. The number of fused-ring (bicyclic) bond motifs is 3. The number of hydrogen-bond donors (Lipinski definition) is 1. The van der Waals surface area contributed by atoms with Gasteiger partial charge in [-0.15, -0.1) is 0 Å². The lowest BCUT2D eigenvalue weighted by molar-refractivity contribution is 0.00578. The summed E-state index contributed by atoms with van der Waals surface area (Å²) in [4.78, 5) is 21.0. The van der Waals surface area contributed by atoms with Crippen molar-refractivity contribution in [1.29, 1.82) is 0 Å². The third-order valence-electron chi connectivity index (χ3n) is 18.1. The summed E-state index contributed by atoms with van der Waals surface area (Å²) in [6.45, 7) is 12.5. The van der Waals surface area contributed by atoms with Gasteiger partial charge in [0.05, 0.1) is 106 Å². The van der Waals surface area contributed by atoms with Gasteiger partial charge in [0, 0.05) is 77.0 Å². The van der Waals surface area contributed by atoms with E-state index in [1.54, 1.807) is 61.1 Å². The minimum absolute atomic E-state index is 0.218. The Morgan fingerprint density at radius 1 is 0.378 bits per heavy atom. The predicted molar refractivity (Wildman–Crippen MR) is 395 cm³/mol. The van der Waals surface area contributed by atoms with Crippen LogP contribution in [0.3, 0.4) is 0 Å². The van der Waals surface area contributed by atoms with Crippen molar-refractivity contribution in [2.45, 2.75) is 78.2 Å². The Labute approximate surface area is 582 Å². The van der Waals surface area contributed by atoms with E-state index in [1.807, 2.05) is 120 Å². The van der Waals surface area contributed by atoms with Crippen LogP contribution >= 0.6 is 15.9 Å². The number of phenols is 1. The number of aromatic nitrogens is 6. The molecule has 12 aromatic rings. The van der Waals surface area contributed by atoms with Gasteiger partial charge >= 0.3 is 7.12 Å². The van der Waals surface area contributed by atoms with Gasteiger partial charge in [0.15, 0.2) is 0 Å². The number of phenolic OH excluding ortho intramolecular Hbond substituents is 1. The number of rotatable bonds is 22. The topological polar surface area (TPSA) is 157 Å². The van der Waals surface area contributed by atoms with E-state index in [-0.39, 0.29) is 5.75 Å². The monoisotopic (exact) mass is 1380 g/mol. The zero-order chi connectivity index (χ0) is 69.3. The Hall–Kier alpha value is -10.1. The van der Waals surface area contributed by atoms with Crippen molar-refractivity contribution in [2.24, 2.45) is 21.1 Å². The van der Waals surface area contributed by atoms with E-state index in [4.69, 9.17) is 42.7 Å². The molecule has 1 aliphatic heterocycles. The van der Waals surface area contributed by atoms with E-state index in [0.29, 0.717) is 26.2 Å². The maximum Gasteiger partial charge on any atom is 0.494 e. The number of methoxy groups -OCH3 is 6. The van der Waals surface area contributed by atoms with Crippen LogP contribution in [0.15, 0.2) is 205 Å². The first-order chi connectivity index (χ1) is 47.2. The maximum atomic E-state index is 10.4. The zero-order valence-electron chi connectivity index (χ0n) is 58.0. The first kappa shape index (κ1) is 69.2. The molecule has 3 aromatic heterocycles. The van der Waals surface area contributed by atoms with Gasteiger partial charge in [-0.3, -0.25) is 0 Å². The molecule has 0 amide bonds. The maximum absolute atomic E-state index is 10.4. The van der Waals surface area contributed by atoms with Crippen LogP contribution < -0.4 is 48.6 Å². The highest BCUT2D eigenvalue weighted by atomic mass is 79.9. The van der Waals surface area contributed by atoms with E-state index >= 15 is 0 Å². The van der Waals surface area contributed by atoms with Crippen molar-refractivity contribution in [3.8, 4) is 40.2 Å². The average Bonchev–Trinajstić information content (AvgIpc) is 1.59. The molecule has 0 radical (unpaired) electrons. The minimum atomic E-state index is -0.470. The van der Waals surface area contributed by atoms with Gasteiger partial charge in [0.1, 0.15) is 56.8 Å². The molecule has 1 fully saturated rings. The SMILES string of the molecule is COc1ccc(CN(Cc2ccc(OC)cc2)c2cc(B3OC(C)(C)C(C)(C)O3)cc3c2ncn3C)cc1.COc1ccc(CN(Cc2ccc(OC)cc2)c2cc(Br)cc3c2ncn3C)cc1.COc1ccc(CN(Cc2ccc(OC)cc2)c2cc(O)cc3c2ncn3C)cc1. The number of anilines is 3. The predicted octanol–water partition coefficient (Wildman–Crippen LogP) is 15.2. The number of benzene rings is 9. The highest BCUT2D eigenvalue weighted by Crippen LogP contribution is 2.39. The zero-order valence-corrected chi connectivity index (χ0v) is 59.6. The minimum Gasteiger partial charge on any atom is -0.508 e. The molecule has 0 spiro atoms. The molecule has 13 rings (SSSR count). The molecule has 1 saturated heterocycles. The molecule has 98 heavy (non-hydrogen) atoms. The standard InChI is InChI=1S/C30H36BN3O4.C24H24BrN3O2.C24H25N3O3/c1-29(2)30(3,4)38-31(37-29)23-16-26-28(32-20-33(26)5)27(17-23)34(18-21-8-12-24(35-6)13-9-21)19-22-10-14-25(36-7)15-11-22;1-27-16-26-24-22(27)12-19(25)13-23(24)28(14-17-4-8-20(29-2)9-5-17)15-18-6-10-21(30-3)11-7-18;1-26-16-25-24-22(26)12-19(28)13-23(24)27(14-17-4-8-20(29-2)9-5-17)15-18-6-10-21(30-3)11-7-18/h8-17,20H,18-19H2,1-7H3;4-13,16H,14-15H2,1-3H3;4-13,16,28H,14-15H2,1-3H3. The number of ether oxygens (including phenoxy) is 6. The van der Waals surface area contributed by atoms with E-state index in [9.17, 15) is 5.11 Å². The van der Waals surface area contributed by atoms with Gasteiger partial charge in [-0.1, -0.05) is 88.7 Å². The fourth-order valence-electron chi connectivity index (χ4n) is 11.8. The molecule has 20 heteroatoms. The molecule has 18 nitrogen and oxygen atoms in total. The molecule has 0 atom stereocenters.